The maximum atomic E-state index is 12.1. The van der Waals surface area contributed by atoms with Crippen LogP contribution in [0.25, 0.3) is 0 Å². The highest BCUT2D eigenvalue weighted by Crippen LogP contribution is 2.22. The molecule has 4 nitrogen and oxygen atoms in total. The fraction of sp³-hybridized carbons (Fsp3) is 0.188. The summed E-state index contributed by atoms with van der Waals surface area (Å²) in [4.78, 5) is 12.1. The minimum Gasteiger partial charge on any atom is -0.348 e. The van der Waals surface area contributed by atoms with Crippen LogP contribution >= 0.6 is 11.6 Å². The zero-order valence-electron chi connectivity index (χ0n) is 12.3. The van der Waals surface area contributed by atoms with Crippen LogP contribution in [0, 0.1) is 6.92 Å². The van der Waals surface area contributed by atoms with Crippen LogP contribution in [0.2, 0.25) is 5.02 Å². The molecule has 0 radical (unpaired) electrons. The van der Waals surface area contributed by atoms with Crippen molar-refractivity contribution in [2.45, 2.75) is 18.4 Å². The minimum absolute atomic E-state index is 0.0441. The molecule has 2 aromatic carbocycles. The van der Waals surface area contributed by atoms with E-state index in [1.807, 2.05) is 31.2 Å². The molecule has 0 aliphatic heterocycles. The summed E-state index contributed by atoms with van der Waals surface area (Å²) >= 11 is 5.87. The van der Waals surface area contributed by atoms with Crippen LogP contribution in [0.4, 0.5) is 0 Å². The molecule has 116 valence electrons. The first-order valence-electron chi connectivity index (χ1n) is 6.61. The third-order valence-electron chi connectivity index (χ3n) is 3.13. The van der Waals surface area contributed by atoms with Crippen LogP contribution < -0.4 is 5.32 Å². The second-order valence-corrected chi connectivity index (χ2v) is 7.48. The van der Waals surface area contributed by atoms with Gasteiger partial charge in [-0.1, -0.05) is 41.4 Å². The average Bonchev–Trinajstić information content (AvgIpc) is 2.44. The third-order valence-corrected chi connectivity index (χ3v) is 4.71. The molecule has 22 heavy (non-hydrogen) atoms. The second-order valence-electron chi connectivity index (χ2n) is 5.09. The highest BCUT2D eigenvalue weighted by atomic mass is 35.5. The van der Waals surface area contributed by atoms with Crippen LogP contribution in [-0.4, -0.2) is 20.6 Å². The number of rotatable bonds is 4. The predicted octanol–water partition coefficient (Wildman–Crippen LogP) is 2.98. The number of hydrogen-bond acceptors (Lipinski definition) is 3. The standard InChI is InChI=1S/C16H16ClNO3S/c1-11-4-3-5-12(8-11)10-18-16(19)13-6-7-14(17)15(9-13)22(2,20)21/h3-9H,10H2,1-2H3,(H,18,19). The molecule has 0 unspecified atom stereocenters. The summed E-state index contributed by atoms with van der Waals surface area (Å²) in [6.07, 6.45) is 1.06. The van der Waals surface area contributed by atoms with Crippen molar-refractivity contribution in [3.05, 3.63) is 64.2 Å². The molecule has 0 aliphatic rings. The first-order chi connectivity index (χ1) is 10.3. The molecular formula is C16H16ClNO3S. The van der Waals surface area contributed by atoms with Gasteiger partial charge in [0, 0.05) is 18.4 Å². The maximum Gasteiger partial charge on any atom is 0.251 e. The first kappa shape index (κ1) is 16.5. The van der Waals surface area contributed by atoms with Gasteiger partial charge in [0.2, 0.25) is 0 Å². The predicted molar refractivity (Wildman–Crippen MR) is 86.9 cm³/mol. The number of halogens is 1. The van der Waals surface area contributed by atoms with Crippen molar-refractivity contribution in [2.24, 2.45) is 0 Å². The lowest BCUT2D eigenvalue weighted by Gasteiger charge is -2.08. The van der Waals surface area contributed by atoms with E-state index in [0.29, 0.717) is 6.54 Å². The van der Waals surface area contributed by atoms with E-state index in [0.717, 1.165) is 17.4 Å². The molecule has 6 heteroatoms. The Morgan fingerprint density at radius 2 is 1.91 bits per heavy atom. The van der Waals surface area contributed by atoms with Gasteiger partial charge >= 0.3 is 0 Å². The number of amides is 1. The van der Waals surface area contributed by atoms with E-state index in [9.17, 15) is 13.2 Å². The number of benzene rings is 2. The Morgan fingerprint density at radius 1 is 1.18 bits per heavy atom. The molecular weight excluding hydrogens is 322 g/mol. The number of carbonyl (C=O) groups excluding carboxylic acids is 1. The summed E-state index contributed by atoms with van der Waals surface area (Å²) in [5.41, 5.74) is 2.35. The number of hydrogen-bond donors (Lipinski definition) is 1. The van der Waals surface area contributed by atoms with Gasteiger partial charge in [-0.05, 0) is 30.7 Å². The van der Waals surface area contributed by atoms with Gasteiger partial charge in [0.05, 0.1) is 9.92 Å². The molecule has 2 rings (SSSR count). The van der Waals surface area contributed by atoms with Gasteiger partial charge in [0.1, 0.15) is 0 Å². The molecule has 0 heterocycles. The minimum atomic E-state index is -3.47. The fourth-order valence-corrected chi connectivity index (χ4v) is 3.34. The largest absolute Gasteiger partial charge is 0.348 e. The molecule has 0 fully saturated rings. The molecule has 0 aromatic heterocycles. The second kappa shape index (κ2) is 6.50. The lowest BCUT2D eigenvalue weighted by Crippen LogP contribution is -2.23. The number of carbonyl (C=O) groups is 1. The molecule has 0 bridgehead atoms. The molecule has 0 saturated heterocycles. The summed E-state index contributed by atoms with van der Waals surface area (Å²) in [7, 11) is -3.47. The Kier molecular flexibility index (Phi) is 4.88. The summed E-state index contributed by atoms with van der Waals surface area (Å²) < 4.78 is 23.3. The highest BCUT2D eigenvalue weighted by Gasteiger charge is 2.15. The first-order valence-corrected chi connectivity index (χ1v) is 8.87. The van der Waals surface area contributed by atoms with Gasteiger partial charge in [-0.25, -0.2) is 8.42 Å². The van der Waals surface area contributed by atoms with Crippen molar-refractivity contribution >= 4 is 27.3 Å². The SMILES string of the molecule is Cc1cccc(CNC(=O)c2ccc(Cl)c(S(C)(=O)=O)c2)c1. The van der Waals surface area contributed by atoms with E-state index in [1.54, 1.807) is 0 Å². The number of aryl methyl sites for hydroxylation is 1. The van der Waals surface area contributed by atoms with Gasteiger partial charge < -0.3 is 5.32 Å². The van der Waals surface area contributed by atoms with Crippen LogP contribution in [0.15, 0.2) is 47.4 Å². The van der Waals surface area contributed by atoms with Gasteiger partial charge in [0.15, 0.2) is 9.84 Å². The Morgan fingerprint density at radius 3 is 2.55 bits per heavy atom. The molecule has 1 amide bonds. The van der Waals surface area contributed by atoms with E-state index in [1.165, 1.54) is 18.2 Å². The number of nitrogens with one attached hydrogen (secondary N) is 1. The fourth-order valence-electron chi connectivity index (χ4n) is 2.04. The lowest BCUT2D eigenvalue weighted by atomic mass is 10.1. The Hall–Kier alpha value is -1.85. The zero-order valence-corrected chi connectivity index (χ0v) is 13.8. The lowest BCUT2D eigenvalue weighted by molar-refractivity contribution is 0.0950. The van der Waals surface area contributed by atoms with Crippen LogP contribution in [0.1, 0.15) is 21.5 Å². The maximum absolute atomic E-state index is 12.1. The van der Waals surface area contributed by atoms with Crippen molar-refractivity contribution in [2.75, 3.05) is 6.26 Å². The van der Waals surface area contributed by atoms with Gasteiger partial charge in [-0.2, -0.15) is 0 Å². The van der Waals surface area contributed by atoms with E-state index >= 15 is 0 Å². The quantitative estimate of drug-likeness (QED) is 0.932. The summed E-state index contributed by atoms with van der Waals surface area (Å²) in [5, 5.41) is 2.87. The van der Waals surface area contributed by atoms with Crippen molar-refractivity contribution in [3.8, 4) is 0 Å². The monoisotopic (exact) mass is 337 g/mol. The average molecular weight is 338 g/mol. The molecule has 0 atom stereocenters. The Balaban J connectivity index is 2.17. The van der Waals surface area contributed by atoms with Crippen LogP contribution in [0.3, 0.4) is 0 Å². The highest BCUT2D eigenvalue weighted by molar-refractivity contribution is 7.90. The molecule has 0 saturated carbocycles. The summed E-state index contributed by atoms with van der Waals surface area (Å²) in [6, 6.07) is 12.0. The van der Waals surface area contributed by atoms with E-state index in [-0.39, 0.29) is 21.4 Å². The Bertz CT molecular complexity index is 816. The topological polar surface area (TPSA) is 63.2 Å². The van der Waals surface area contributed by atoms with Crippen molar-refractivity contribution in [1.29, 1.82) is 0 Å². The summed E-state index contributed by atoms with van der Waals surface area (Å²) in [5.74, 6) is -0.344. The van der Waals surface area contributed by atoms with Gasteiger partial charge in [-0.3, -0.25) is 4.79 Å². The van der Waals surface area contributed by atoms with E-state index < -0.39 is 9.84 Å². The molecule has 0 spiro atoms. The van der Waals surface area contributed by atoms with Crippen LogP contribution in [0.5, 0.6) is 0 Å². The van der Waals surface area contributed by atoms with E-state index in [4.69, 9.17) is 11.6 Å². The van der Waals surface area contributed by atoms with E-state index in [2.05, 4.69) is 5.32 Å². The normalized spacial score (nSPS) is 11.2. The van der Waals surface area contributed by atoms with Gasteiger partial charge in [0.25, 0.3) is 5.91 Å². The smallest absolute Gasteiger partial charge is 0.251 e. The van der Waals surface area contributed by atoms with Crippen molar-refractivity contribution < 1.29 is 13.2 Å². The third kappa shape index (κ3) is 4.08. The van der Waals surface area contributed by atoms with Gasteiger partial charge in [-0.15, -0.1) is 0 Å². The zero-order chi connectivity index (χ0) is 16.3. The van der Waals surface area contributed by atoms with Crippen LogP contribution in [-0.2, 0) is 16.4 Å². The molecule has 2 aromatic rings. The Labute approximate surface area is 135 Å². The van der Waals surface area contributed by atoms with Crippen molar-refractivity contribution in [1.82, 2.24) is 5.32 Å². The summed E-state index contributed by atoms with van der Waals surface area (Å²) in [6.45, 7) is 2.35. The number of sulfone groups is 1. The van der Waals surface area contributed by atoms with Crippen molar-refractivity contribution in [3.63, 3.8) is 0 Å². The molecule has 1 N–H and O–H groups in total. The molecule has 0 aliphatic carbocycles.